The second-order valence-corrected chi connectivity index (χ2v) is 17.7. The van der Waals surface area contributed by atoms with Gasteiger partial charge in [-0.05, 0) is 91.8 Å². The number of carbonyl (C=O) groups is 2. The number of likely N-dealkylation sites (tertiary alicyclic amines) is 1. The van der Waals surface area contributed by atoms with E-state index in [9.17, 15) is 13.8 Å². The lowest BCUT2D eigenvalue weighted by Crippen LogP contribution is -2.56. The number of hydrogen-bond acceptors (Lipinski definition) is 7. The van der Waals surface area contributed by atoms with Crippen LogP contribution < -0.4 is 9.64 Å². The van der Waals surface area contributed by atoms with Gasteiger partial charge in [0.05, 0.1) is 34.2 Å². The van der Waals surface area contributed by atoms with Crippen LogP contribution in [0.25, 0.3) is 0 Å². The van der Waals surface area contributed by atoms with E-state index in [4.69, 9.17) is 25.8 Å². The second-order valence-electron chi connectivity index (χ2n) is 14.9. The Kier molecular flexibility index (Phi) is 13.5. The third-order valence-corrected chi connectivity index (χ3v) is 13.6. The molecule has 52 heavy (non-hydrogen) atoms. The molecule has 286 valence electrons. The maximum Gasteiger partial charge on any atom is 0.285 e. The minimum Gasteiger partial charge on any atom is -0.490 e. The molecule has 0 N–H and O–H groups in total. The lowest BCUT2D eigenvalue weighted by Gasteiger charge is -2.42. The molecule has 0 saturated carbocycles. The number of ether oxygens (including phenoxy) is 3. The van der Waals surface area contributed by atoms with Gasteiger partial charge in [-0.1, -0.05) is 64.4 Å². The van der Waals surface area contributed by atoms with Crippen LogP contribution >= 0.6 is 11.6 Å². The second kappa shape index (κ2) is 17.5. The van der Waals surface area contributed by atoms with E-state index in [2.05, 4.69) is 47.4 Å². The molecular weight excluding hydrogens is 698 g/mol. The topological polar surface area (TPSA) is 97.7 Å². The van der Waals surface area contributed by atoms with Crippen LogP contribution in [0.2, 0.25) is 5.02 Å². The van der Waals surface area contributed by atoms with E-state index in [1.165, 1.54) is 11.1 Å². The molecule has 0 aromatic heterocycles. The zero-order valence-electron chi connectivity index (χ0n) is 32.1. The Hall–Kier alpha value is -2.92. The summed E-state index contributed by atoms with van der Waals surface area (Å²) < 4.78 is 37.2. The maximum atomic E-state index is 14.5. The fraction of sp³-hybridized carbons (Fsp3) is 0.610. The molecule has 1 saturated heterocycles. The summed E-state index contributed by atoms with van der Waals surface area (Å²) in [5, 5.41) is 0.740. The summed E-state index contributed by atoms with van der Waals surface area (Å²) in [5.41, 5.74) is 3.42. The van der Waals surface area contributed by atoms with Gasteiger partial charge in [-0.15, -0.1) is 0 Å². The van der Waals surface area contributed by atoms with Crippen molar-refractivity contribution in [3.05, 3.63) is 70.3 Å². The number of amides is 2. The Labute approximate surface area is 316 Å². The molecule has 3 aliphatic heterocycles. The smallest absolute Gasteiger partial charge is 0.285 e. The number of hydrogen-bond donors (Lipinski definition) is 0. The summed E-state index contributed by atoms with van der Waals surface area (Å²) >= 11 is 6.45. The summed E-state index contributed by atoms with van der Waals surface area (Å²) in [6, 6.07) is 11.6. The van der Waals surface area contributed by atoms with E-state index in [0.717, 1.165) is 30.0 Å². The highest BCUT2D eigenvalue weighted by Crippen LogP contribution is 2.45. The van der Waals surface area contributed by atoms with Gasteiger partial charge in [-0.25, -0.2) is 4.21 Å². The maximum absolute atomic E-state index is 14.5. The van der Waals surface area contributed by atoms with Crippen LogP contribution in [0.3, 0.4) is 0 Å². The van der Waals surface area contributed by atoms with Crippen molar-refractivity contribution >= 4 is 38.8 Å². The Bertz CT molecular complexity index is 1730. The number of nitrogens with zero attached hydrogens (tertiary/aromatic N) is 3. The Morgan fingerprint density at radius 3 is 2.62 bits per heavy atom. The van der Waals surface area contributed by atoms with Gasteiger partial charge in [0.15, 0.2) is 0 Å². The highest BCUT2D eigenvalue weighted by Gasteiger charge is 2.42. The molecule has 6 rings (SSSR count). The van der Waals surface area contributed by atoms with E-state index in [1.807, 2.05) is 45.9 Å². The van der Waals surface area contributed by atoms with Crippen molar-refractivity contribution in [2.75, 3.05) is 62.9 Å². The first-order valence-electron chi connectivity index (χ1n) is 19.1. The van der Waals surface area contributed by atoms with E-state index in [0.29, 0.717) is 57.1 Å². The molecule has 0 unspecified atom stereocenters. The third-order valence-electron chi connectivity index (χ3n) is 11.1. The number of aryl methyl sites for hydroxylation is 1. The number of allylic oxidation sites excluding steroid dienone is 1. The van der Waals surface area contributed by atoms with Crippen LogP contribution in [0.4, 0.5) is 5.69 Å². The van der Waals surface area contributed by atoms with Crippen LogP contribution in [-0.2, 0) is 35.8 Å². The van der Waals surface area contributed by atoms with Crippen molar-refractivity contribution in [1.82, 2.24) is 4.90 Å². The molecule has 2 amide bonds. The zero-order valence-corrected chi connectivity index (χ0v) is 33.6. The first-order valence-corrected chi connectivity index (χ1v) is 21.3. The standard InChI is InChI=1S/C39H52ClN3O6S.C2H6/c1-6-48-32-20-42(21-32)37(44)23-50(46)22-26(2)9-7-11-35(47-5)28(4)27(3)19-43-24-39(16-8-10-29-17-31(40)13-14-33(29)39)25-49-36-15-12-30(18-34(36)43)38(45)41-50;1-2/h7,11-15,17-18,26-28,32,35H,6,8-10,16,19-25H2,1-5H3;1-2H3/b11-7+;/t26-,27-,28+,35-,39-,50+;/m0./s1. The normalized spacial score (nSPS) is 30.1. The van der Waals surface area contributed by atoms with Crippen molar-refractivity contribution in [2.45, 2.75) is 84.8 Å². The fourth-order valence-corrected chi connectivity index (χ4v) is 10.6. The number of rotatable bonds is 5. The SMILES string of the molecule is CC.CCOC1CN(C(=O)C[S@@]2(=O)=NC(=O)c3ccc4c(c3)N(C[C@H](C)[C@@H](C)[C@@H](OC)/C=C/C[C@H](C)C2)C[C@@]2(CCCc3cc(Cl)ccc32)CO4)C1. The van der Waals surface area contributed by atoms with Crippen LogP contribution in [0.1, 0.15) is 82.3 Å². The molecule has 4 aliphatic rings. The molecule has 6 atom stereocenters. The zero-order chi connectivity index (χ0) is 37.6. The summed E-state index contributed by atoms with van der Waals surface area (Å²) in [4.78, 5) is 31.3. The molecular formula is C41H58ClN3O6S. The minimum absolute atomic E-state index is 0.0104. The van der Waals surface area contributed by atoms with E-state index in [1.54, 1.807) is 18.1 Å². The van der Waals surface area contributed by atoms with Gasteiger partial charge in [-0.3, -0.25) is 9.59 Å². The van der Waals surface area contributed by atoms with Gasteiger partial charge < -0.3 is 24.0 Å². The molecule has 1 fully saturated rings. The Morgan fingerprint density at radius 1 is 1.12 bits per heavy atom. The van der Waals surface area contributed by atoms with E-state index in [-0.39, 0.29) is 52.8 Å². The van der Waals surface area contributed by atoms with Gasteiger partial charge in [0.2, 0.25) is 5.91 Å². The molecule has 3 heterocycles. The first kappa shape index (κ1) is 40.3. The van der Waals surface area contributed by atoms with E-state index >= 15 is 0 Å². The Morgan fingerprint density at radius 2 is 1.88 bits per heavy atom. The van der Waals surface area contributed by atoms with Gasteiger partial charge >= 0.3 is 0 Å². The molecule has 2 aromatic carbocycles. The lowest BCUT2D eigenvalue weighted by atomic mass is 9.70. The quantitative estimate of drug-likeness (QED) is 0.291. The number of halogens is 1. The minimum atomic E-state index is -3.23. The predicted molar refractivity (Wildman–Crippen MR) is 210 cm³/mol. The van der Waals surface area contributed by atoms with Gasteiger partial charge in [0.25, 0.3) is 5.91 Å². The summed E-state index contributed by atoms with van der Waals surface area (Å²) in [5.74, 6) is 0.0313. The molecule has 11 heteroatoms. The molecule has 0 radical (unpaired) electrons. The summed E-state index contributed by atoms with van der Waals surface area (Å²) in [6.45, 7) is 15.8. The molecule has 9 nitrogen and oxygen atoms in total. The van der Waals surface area contributed by atoms with E-state index < -0.39 is 15.6 Å². The van der Waals surface area contributed by atoms with Crippen molar-refractivity contribution in [1.29, 1.82) is 0 Å². The van der Waals surface area contributed by atoms with Gasteiger partial charge in [0, 0.05) is 61.6 Å². The van der Waals surface area contributed by atoms with Crippen molar-refractivity contribution in [3.8, 4) is 5.75 Å². The molecule has 2 aromatic rings. The predicted octanol–water partition coefficient (Wildman–Crippen LogP) is 7.58. The first-order chi connectivity index (χ1) is 24.9. The number of benzene rings is 2. The van der Waals surface area contributed by atoms with Crippen LogP contribution in [-0.4, -0.2) is 91.1 Å². The van der Waals surface area contributed by atoms with Crippen molar-refractivity contribution in [3.63, 3.8) is 0 Å². The van der Waals surface area contributed by atoms with Crippen LogP contribution in [0.5, 0.6) is 5.75 Å². The van der Waals surface area contributed by atoms with Gasteiger partial charge in [-0.2, -0.15) is 4.36 Å². The molecule has 2 bridgehead atoms. The van der Waals surface area contributed by atoms with Crippen molar-refractivity contribution < 1.29 is 28.0 Å². The fourth-order valence-electron chi connectivity index (χ4n) is 8.11. The number of fused-ring (bicyclic) bond motifs is 3. The number of anilines is 1. The highest BCUT2D eigenvalue weighted by atomic mass is 35.5. The lowest BCUT2D eigenvalue weighted by molar-refractivity contribution is -0.141. The van der Waals surface area contributed by atoms with Crippen LogP contribution in [0, 0.1) is 17.8 Å². The molecule has 1 spiro atoms. The third kappa shape index (κ3) is 9.05. The van der Waals surface area contributed by atoms with Crippen molar-refractivity contribution in [2.24, 2.45) is 22.1 Å². The largest absolute Gasteiger partial charge is 0.490 e. The number of carbonyl (C=O) groups excluding carboxylic acids is 2. The average molecular weight is 756 g/mol. The summed E-state index contributed by atoms with van der Waals surface area (Å²) in [7, 11) is -1.49. The summed E-state index contributed by atoms with van der Waals surface area (Å²) in [6.07, 6.45) is 7.66. The molecule has 1 aliphatic carbocycles. The Balaban J connectivity index is 0.00000257. The average Bonchev–Trinajstić information content (AvgIpc) is 3.24. The highest BCUT2D eigenvalue weighted by molar-refractivity contribution is 7.94. The van der Waals surface area contributed by atoms with Crippen LogP contribution in [0.15, 0.2) is 52.9 Å². The number of methoxy groups -OCH3 is 1. The monoisotopic (exact) mass is 755 g/mol. The van der Waals surface area contributed by atoms with Gasteiger partial charge in [0.1, 0.15) is 11.5 Å².